The van der Waals surface area contributed by atoms with Gasteiger partial charge in [-0.3, -0.25) is 0 Å². The summed E-state index contributed by atoms with van der Waals surface area (Å²) in [5, 5.41) is 4.05. The van der Waals surface area contributed by atoms with Gasteiger partial charge in [0.15, 0.2) is 0 Å². The molecule has 25 heavy (non-hydrogen) atoms. The van der Waals surface area contributed by atoms with Gasteiger partial charge in [-0.2, -0.15) is 0 Å². The standard InChI is InChI=1S/C20H23ClN2S.ClH/c1-23(2)15-7-10-17-9-4-6-12-19(17)22-20(24)14-13-16-8-3-5-11-18(16)21;/h3-6,8-9,11-14H,7,10,15H2,1-2H3,(H,22,24);1H. The smallest absolute Gasteiger partial charge is 0.103 e. The average molecular weight is 395 g/mol. The summed E-state index contributed by atoms with van der Waals surface area (Å²) in [4.78, 5) is 2.88. The molecule has 0 aliphatic carbocycles. The number of thiocarbonyl (C=S) groups is 1. The third-order valence-electron chi connectivity index (χ3n) is 3.65. The summed E-state index contributed by atoms with van der Waals surface area (Å²) in [6.45, 7) is 1.07. The normalized spacial score (nSPS) is 10.7. The topological polar surface area (TPSA) is 15.3 Å². The van der Waals surface area contributed by atoms with Gasteiger partial charge in [0.05, 0.1) is 0 Å². The second kappa shape index (κ2) is 11.3. The lowest BCUT2D eigenvalue weighted by molar-refractivity contribution is 0.400. The first-order valence-electron chi connectivity index (χ1n) is 8.02. The van der Waals surface area contributed by atoms with Crippen LogP contribution < -0.4 is 5.32 Å². The number of nitrogens with one attached hydrogen (secondary N) is 1. The van der Waals surface area contributed by atoms with Gasteiger partial charge in [-0.1, -0.05) is 66.3 Å². The Morgan fingerprint density at radius 1 is 1.12 bits per heavy atom. The van der Waals surface area contributed by atoms with Crippen molar-refractivity contribution in [1.29, 1.82) is 0 Å². The molecule has 0 aliphatic rings. The van der Waals surface area contributed by atoms with Crippen LogP contribution in [0.5, 0.6) is 0 Å². The Hall–Kier alpha value is -1.39. The van der Waals surface area contributed by atoms with Gasteiger partial charge in [0.1, 0.15) is 4.99 Å². The van der Waals surface area contributed by atoms with Crippen LogP contribution in [0, 0.1) is 0 Å². The van der Waals surface area contributed by atoms with Crippen LogP contribution in [0.1, 0.15) is 17.5 Å². The van der Waals surface area contributed by atoms with Crippen LogP contribution in [-0.4, -0.2) is 30.5 Å². The van der Waals surface area contributed by atoms with Crippen LogP contribution in [0.2, 0.25) is 5.02 Å². The molecule has 1 N–H and O–H groups in total. The molecule has 0 saturated carbocycles. The van der Waals surface area contributed by atoms with E-state index in [-0.39, 0.29) is 12.4 Å². The number of halogens is 2. The number of anilines is 1. The van der Waals surface area contributed by atoms with Crippen LogP contribution in [0.15, 0.2) is 54.6 Å². The number of rotatable bonds is 7. The quantitative estimate of drug-likeness (QED) is 0.478. The first-order valence-corrected chi connectivity index (χ1v) is 8.81. The van der Waals surface area contributed by atoms with Gasteiger partial charge < -0.3 is 10.2 Å². The van der Waals surface area contributed by atoms with E-state index < -0.39 is 0 Å². The van der Waals surface area contributed by atoms with E-state index in [0.29, 0.717) is 4.99 Å². The Morgan fingerprint density at radius 3 is 2.52 bits per heavy atom. The minimum Gasteiger partial charge on any atom is -0.346 e. The van der Waals surface area contributed by atoms with Gasteiger partial charge in [-0.25, -0.2) is 0 Å². The molecule has 5 heteroatoms. The van der Waals surface area contributed by atoms with Gasteiger partial charge >= 0.3 is 0 Å². The van der Waals surface area contributed by atoms with E-state index in [4.69, 9.17) is 23.8 Å². The number of nitrogens with zero attached hydrogens (tertiary/aromatic N) is 1. The van der Waals surface area contributed by atoms with Crippen molar-refractivity contribution in [3.05, 3.63) is 70.8 Å². The van der Waals surface area contributed by atoms with Crippen LogP contribution >= 0.6 is 36.2 Å². The maximum absolute atomic E-state index is 6.16. The van der Waals surface area contributed by atoms with Crippen LogP contribution in [0.25, 0.3) is 6.08 Å². The number of benzene rings is 2. The van der Waals surface area contributed by atoms with Gasteiger partial charge in [0.25, 0.3) is 0 Å². The molecule has 0 fully saturated rings. The molecule has 0 spiro atoms. The largest absolute Gasteiger partial charge is 0.346 e. The van der Waals surface area contributed by atoms with E-state index in [1.165, 1.54) is 5.56 Å². The summed E-state index contributed by atoms with van der Waals surface area (Å²) in [7, 11) is 4.19. The van der Waals surface area contributed by atoms with Crippen LogP contribution in [0.3, 0.4) is 0 Å². The third-order valence-corrected chi connectivity index (χ3v) is 4.23. The van der Waals surface area contributed by atoms with E-state index in [2.05, 4.69) is 42.5 Å². The SMILES string of the molecule is CN(C)CCCc1ccccc1NC(=S)C=Cc1ccccc1Cl.Cl. The molecule has 134 valence electrons. The van der Waals surface area contributed by atoms with Crippen LogP contribution in [-0.2, 0) is 6.42 Å². The first-order chi connectivity index (χ1) is 11.6. The molecule has 2 rings (SSSR count). The molecular formula is C20H24Cl2N2S. The highest BCUT2D eigenvalue weighted by Gasteiger charge is 2.03. The molecule has 0 aliphatic heterocycles. The fourth-order valence-corrected chi connectivity index (χ4v) is 2.77. The van der Waals surface area contributed by atoms with E-state index in [0.717, 1.165) is 35.7 Å². The van der Waals surface area contributed by atoms with Crippen molar-refractivity contribution in [1.82, 2.24) is 4.90 Å². The molecule has 2 aromatic rings. The zero-order valence-electron chi connectivity index (χ0n) is 14.5. The Bertz CT molecular complexity index is 714. The second-order valence-electron chi connectivity index (χ2n) is 5.91. The highest BCUT2D eigenvalue weighted by atomic mass is 35.5. The fraction of sp³-hybridized carbons (Fsp3) is 0.250. The molecule has 0 atom stereocenters. The third kappa shape index (κ3) is 7.57. The monoisotopic (exact) mass is 394 g/mol. The highest BCUT2D eigenvalue weighted by Crippen LogP contribution is 2.19. The zero-order valence-corrected chi connectivity index (χ0v) is 16.9. The molecule has 2 nitrogen and oxygen atoms in total. The number of hydrogen-bond donors (Lipinski definition) is 1. The van der Waals surface area contributed by atoms with Crippen molar-refractivity contribution >= 4 is 53.0 Å². The summed E-state index contributed by atoms with van der Waals surface area (Å²) >= 11 is 11.6. The minimum absolute atomic E-state index is 0. The van der Waals surface area contributed by atoms with E-state index in [9.17, 15) is 0 Å². The number of aryl methyl sites for hydroxylation is 1. The van der Waals surface area contributed by atoms with Gasteiger partial charge in [-0.15, -0.1) is 12.4 Å². The van der Waals surface area contributed by atoms with Gasteiger partial charge in [0, 0.05) is 10.7 Å². The van der Waals surface area contributed by atoms with Crippen molar-refractivity contribution in [3.63, 3.8) is 0 Å². The zero-order chi connectivity index (χ0) is 17.4. The van der Waals surface area contributed by atoms with Crippen molar-refractivity contribution in [3.8, 4) is 0 Å². The molecular weight excluding hydrogens is 371 g/mol. The molecule has 2 aromatic carbocycles. The predicted molar refractivity (Wildman–Crippen MR) is 117 cm³/mol. The summed E-state index contributed by atoms with van der Waals surface area (Å²) in [6, 6.07) is 16.0. The maximum Gasteiger partial charge on any atom is 0.103 e. The Balaban J connectivity index is 0.00000312. The Morgan fingerprint density at radius 2 is 1.80 bits per heavy atom. The highest BCUT2D eigenvalue weighted by molar-refractivity contribution is 7.81. The molecule has 0 heterocycles. The van der Waals surface area contributed by atoms with Crippen molar-refractivity contribution in [2.75, 3.05) is 26.0 Å². The Kier molecular flexibility index (Phi) is 9.76. The molecule has 0 amide bonds. The van der Waals surface area contributed by atoms with Crippen LogP contribution in [0.4, 0.5) is 5.69 Å². The lowest BCUT2D eigenvalue weighted by atomic mass is 10.1. The van der Waals surface area contributed by atoms with Gasteiger partial charge in [0.2, 0.25) is 0 Å². The maximum atomic E-state index is 6.16. The molecule has 0 bridgehead atoms. The minimum atomic E-state index is 0. The van der Waals surface area contributed by atoms with E-state index in [1.807, 2.05) is 42.5 Å². The Labute approximate surface area is 167 Å². The average Bonchev–Trinajstić information content (AvgIpc) is 2.55. The number of hydrogen-bond acceptors (Lipinski definition) is 2. The number of para-hydroxylation sites is 1. The van der Waals surface area contributed by atoms with Crippen molar-refractivity contribution < 1.29 is 0 Å². The molecule has 0 aromatic heterocycles. The van der Waals surface area contributed by atoms with Gasteiger partial charge in [-0.05, 0) is 62.8 Å². The lowest BCUT2D eigenvalue weighted by Gasteiger charge is -2.13. The molecule has 0 unspecified atom stereocenters. The summed E-state index contributed by atoms with van der Waals surface area (Å²) in [5.74, 6) is 0. The predicted octanol–water partition coefficient (Wildman–Crippen LogP) is 5.71. The van der Waals surface area contributed by atoms with Crippen molar-refractivity contribution in [2.24, 2.45) is 0 Å². The summed E-state index contributed by atoms with van der Waals surface area (Å²) in [6.07, 6.45) is 5.96. The van der Waals surface area contributed by atoms with E-state index >= 15 is 0 Å². The summed E-state index contributed by atoms with van der Waals surface area (Å²) in [5.41, 5.74) is 3.32. The second-order valence-corrected chi connectivity index (χ2v) is 6.76. The fourth-order valence-electron chi connectivity index (χ4n) is 2.40. The first kappa shape index (κ1) is 21.7. The molecule has 0 radical (unpaired) electrons. The van der Waals surface area contributed by atoms with E-state index in [1.54, 1.807) is 0 Å². The lowest BCUT2D eigenvalue weighted by Crippen LogP contribution is -2.14. The summed E-state index contributed by atoms with van der Waals surface area (Å²) < 4.78 is 0. The molecule has 0 saturated heterocycles. The van der Waals surface area contributed by atoms with Crippen molar-refractivity contribution in [2.45, 2.75) is 12.8 Å².